The number of hydrogen-bond donors (Lipinski definition) is 1. The van der Waals surface area contributed by atoms with Crippen molar-refractivity contribution in [2.75, 3.05) is 6.54 Å². The van der Waals surface area contributed by atoms with Gasteiger partial charge in [-0.15, -0.1) is 0 Å². The minimum atomic E-state index is -0.170. The van der Waals surface area contributed by atoms with Crippen LogP contribution in [0, 0.1) is 11.7 Å². The molecule has 1 aliphatic carbocycles. The molecule has 104 valence electrons. The Hall–Kier alpha value is -1.74. The summed E-state index contributed by atoms with van der Waals surface area (Å²) in [5.41, 5.74) is 2.29. The molecule has 3 rings (SSSR count). The highest BCUT2D eigenvalue weighted by molar-refractivity contribution is 5.22. The molecular weight excluding hydrogens is 251 g/mol. The van der Waals surface area contributed by atoms with E-state index < -0.39 is 0 Å². The molecule has 0 bridgehead atoms. The van der Waals surface area contributed by atoms with Gasteiger partial charge in [0.25, 0.3) is 0 Å². The molecule has 0 radical (unpaired) electrons. The van der Waals surface area contributed by atoms with Crippen LogP contribution in [0.1, 0.15) is 30.1 Å². The van der Waals surface area contributed by atoms with E-state index in [9.17, 15) is 4.39 Å². The summed E-state index contributed by atoms with van der Waals surface area (Å²) in [6.07, 6.45) is 5.27. The van der Waals surface area contributed by atoms with Crippen LogP contribution in [0.25, 0.3) is 0 Å². The van der Waals surface area contributed by atoms with E-state index in [1.54, 1.807) is 12.1 Å². The maximum atomic E-state index is 13.0. The molecule has 3 heteroatoms. The number of aromatic nitrogens is 1. The molecule has 1 aromatic heterocycles. The Labute approximate surface area is 119 Å². The molecule has 1 heterocycles. The fourth-order valence-corrected chi connectivity index (χ4v) is 2.56. The van der Waals surface area contributed by atoms with Gasteiger partial charge >= 0.3 is 0 Å². The zero-order chi connectivity index (χ0) is 13.8. The first-order valence-electron chi connectivity index (χ1n) is 7.22. The van der Waals surface area contributed by atoms with Crippen LogP contribution in [-0.4, -0.2) is 11.5 Å². The molecule has 1 N–H and O–H groups in total. The lowest BCUT2D eigenvalue weighted by molar-refractivity contribution is 0.482. The number of benzene rings is 1. The molecule has 1 fully saturated rings. The largest absolute Gasteiger partial charge is 0.309 e. The molecule has 2 aromatic rings. The Kier molecular flexibility index (Phi) is 4.07. The predicted octanol–water partition coefficient (Wildman–Crippen LogP) is 3.50. The highest BCUT2D eigenvalue weighted by Gasteiger charge is 2.31. The predicted molar refractivity (Wildman–Crippen MR) is 77.8 cm³/mol. The lowest BCUT2D eigenvalue weighted by atomic mass is 10.0. The maximum Gasteiger partial charge on any atom is 0.123 e. The highest BCUT2D eigenvalue weighted by Crippen LogP contribution is 2.40. The normalized spacial score (nSPS) is 16.1. The van der Waals surface area contributed by atoms with E-state index in [2.05, 4.69) is 10.3 Å². The van der Waals surface area contributed by atoms with E-state index in [0.29, 0.717) is 12.0 Å². The Morgan fingerprint density at radius 2 is 1.95 bits per heavy atom. The Morgan fingerprint density at radius 3 is 2.60 bits per heavy atom. The first-order chi connectivity index (χ1) is 9.83. The first-order valence-corrected chi connectivity index (χ1v) is 7.22. The number of halogens is 1. The lowest BCUT2D eigenvalue weighted by Gasteiger charge is -2.18. The summed E-state index contributed by atoms with van der Waals surface area (Å²) in [5.74, 6) is 0.529. The fraction of sp³-hybridized carbons (Fsp3) is 0.353. The van der Waals surface area contributed by atoms with Gasteiger partial charge in [0, 0.05) is 30.9 Å². The minimum absolute atomic E-state index is 0.170. The molecule has 0 aliphatic heterocycles. The minimum Gasteiger partial charge on any atom is -0.309 e. The van der Waals surface area contributed by atoms with Crippen molar-refractivity contribution >= 4 is 0 Å². The van der Waals surface area contributed by atoms with Crippen LogP contribution < -0.4 is 5.32 Å². The third kappa shape index (κ3) is 3.42. The Bertz CT molecular complexity index is 535. The summed E-state index contributed by atoms with van der Waals surface area (Å²) in [4.78, 5) is 4.33. The van der Waals surface area contributed by atoms with Crippen LogP contribution in [0.15, 0.2) is 48.7 Å². The van der Waals surface area contributed by atoms with Crippen molar-refractivity contribution in [2.45, 2.75) is 25.3 Å². The summed E-state index contributed by atoms with van der Waals surface area (Å²) in [5, 5.41) is 3.60. The van der Waals surface area contributed by atoms with Crippen LogP contribution in [0.5, 0.6) is 0 Å². The second-order valence-electron chi connectivity index (χ2n) is 5.39. The molecule has 1 atom stereocenters. The average Bonchev–Trinajstić information content (AvgIpc) is 3.31. The van der Waals surface area contributed by atoms with Crippen LogP contribution in [0.4, 0.5) is 4.39 Å². The molecule has 0 spiro atoms. The summed E-state index contributed by atoms with van der Waals surface area (Å²) < 4.78 is 13.0. The van der Waals surface area contributed by atoms with Crippen LogP contribution in [0.3, 0.4) is 0 Å². The highest BCUT2D eigenvalue weighted by atomic mass is 19.1. The third-order valence-electron chi connectivity index (χ3n) is 3.79. The van der Waals surface area contributed by atoms with Gasteiger partial charge in [-0.3, -0.25) is 4.98 Å². The van der Waals surface area contributed by atoms with Crippen molar-refractivity contribution in [3.63, 3.8) is 0 Å². The third-order valence-corrected chi connectivity index (χ3v) is 3.79. The SMILES string of the molecule is Fc1ccc(C(NCCc2ccccn2)C2CC2)cc1. The monoisotopic (exact) mass is 270 g/mol. The van der Waals surface area contributed by atoms with Crippen molar-refractivity contribution < 1.29 is 4.39 Å². The second-order valence-corrected chi connectivity index (χ2v) is 5.39. The van der Waals surface area contributed by atoms with Gasteiger partial charge in [-0.2, -0.15) is 0 Å². The molecule has 1 aliphatic rings. The van der Waals surface area contributed by atoms with Gasteiger partial charge in [0.15, 0.2) is 0 Å². The van der Waals surface area contributed by atoms with Gasteiger partial charge in [0.2, 0.25) is 0 Å². The first kappa shape index (κ1) is 13.3. The quantitative estimate of drug-likeness (QED) is 0.869. The van der Waals surface area contributed by atoms with E-state index in [-0.39, 0.29) is 5.82 Å². The van der Waals surface area contributed by atoms with Gasteiger partial charge < -0.3 is 5.32 Å². The molecular formula is C17H19FN2. The van der Waals surface area contributed by atoms with Crippen molar-refractivity contribution in [2.24, 2.45) is 5.92 Å². The van der Waals surface area contributed by atoms with Crippen LogP contribution in [-0.2, 0) is 6.42 Å². The van der Waals surface area contributed by atoms with E-state index in [4.69, 9.17) is 0 Å². The van der Waals surface area contributed by atoms with Gasteiger partial charge in [-0.1, -0.05) is 18.2 Å². The molecule has 1 aromatic carbocycles. The Balaban J connectivity index is 1.59. The summed E-state index contributed by atoms with van der Waals surface area (Å²) >= 11 is 0. The number of rotatable bonds is 6. The summed E-state index contributed by atoms with van der Waals surface area (Å²) in [6.45, 7) is 0.898. The van der Waals surface area contributed by atoms with E-state index >= 15 is 0 Å². The number of pyridine rings is 1. The molecule has 20 heavy (non-hydrogen) atoms. The van der Waals surface area contributed by atoms with Gasteiger partial charge in [0.05, 0.1) is 0 Å². The van der Waals surface area contributed by atoms with Crippen LogP contribution >= 0.6 is 0 Å². The zero-order valence-electron chi connectivity index (χ0n) is 11.4. The summed E-state index contributed by atoms with van der Waals surface area (Å²) in [6, 6.07) is 13.2. The zero-order valence-corrected chi connectivity index (χ0v) is 11.4. The lowest BCUT2D eigenvalue weighted by Crippen LogP contribution is -2.25. The van der Waals surface area contributed by atoms with Crippen molar-refractivity contribution in [3.8, 4) is 0 Å². The molecule has 1 unspecified atom stereocenters. The maximum absolute atomic E-state index is 13.0. The number of hydrogen-bond acceptors (Lipinski definition) is 2. The molecule has 1 saturated carbocycles. The van der Waals surface area contributed by atoms with E-state index in [0.717, 1.165) is 18.7 Å². The summed E-state index contributed by atoms with van der Waals surface area (Å²) in [7, 11) is 0. The average molecular weight is 270 g/mol. The van der Waals surface area contributed by atoms with Gasteiger partial charge in [0.1, 0.15) is 5.82 Å². The van der Waals surface area contributed by atoms with E-state index in [1.807, 2.05) is 36.5 Å². The van der Waals surface area contributed by atoms with Crippen LogP contribution in [0.2, 0.25) is 0 Å². The molecule has 2 nitrogen and oxygen atoms in total. The van der Waals surface area contributed by atoms with E-state index in [1.165, 1.54) is 18.4 Å². The second kappa shape index (κ2) is 6.14. The molecule has 0 saturated heterocycles. The molecule has 0 amide bonds. The van der Waals surface area contributed by atoms with Crippen molar-refractivity contribution in [3.05, 3.63) is 65.7 Å². The smallest absolute Gasteiger partial charge is 0.123 e. The van der Waals surface area contributed by atoms with Crippen molar-refractivity contribution in [1.82, 2.24) is 10.3 Å². The fourth-order valence-electron chi connectivity index (χ4n) is 2.56. The van der Waals surface area contributed by atoms with Gasteiger partial charge in [-0.25, -0.2) is 4.39 Å². The topological polar surface area (TPSA) is 24.9 Å². The number of nitrogens with zero attached hydrogens (tertiary/aromatic N) is 1. The Morgan fingerprint density at radius 1 is 1.15 bits per heavy atom. The van der Waals surface area contributed by atoms with Crippen molar-refractivity contribution in [1.29, 1.82) is 0 Å². The van der Waals surface area contributed by atoms with Gasteiger partial charge in [-0.05, 0) is 48.6 Å². The number of nitrogens with one attached hydrogen (secondary N) is 1. The standard InChI is InChI=1S/C17H19FN2/c18-15-8-6-14(7-9-15)17(13-4-5-13)20-12-10-16-3-1-2-11-19-16/h1-3,6-9,11,13,17,20H,4-5,10,12H2.